The second-order valence-electron chi connectivity index (χ2n) is 3.46. The Morgan fingerprint density at radius 1 is 1.53 bits per heavy atom. The number of hydrogen-bond acceptors (Lipinski definition) is 4. The number of rotatable bonds is 2. The standard InChI is InChI=1S/C10H10N2O3/c13-6-10-9-5-8(12(14)15)2-1-7(9)3-4-11-10/h1-2,5-6,10-11H,3-4H2. The largest absolute Gasteiger partial charge is 0.304 e. The Balaban J connectivity index is 2.47. The van der Waals surface area contributed by atoms with Gasteiger partial charge >= 0.3 is 0 Å². The van der Waals surface area contributed by atoms with Crippen LogP contribution in [-0.4, -0.2) is 17.8 Å². The molecular weight excluding hydrogens is 196 g/mol. The van der Waals surface area contributed by atoms with Gasteiger partial charge in [0.25, 0.3) is 5.69 Å². The maximum atomic E-state index is 10.8. The predicted molar refractivity (Wildman–Crippen MR) is 53.6 cm³/mol. The molecule has 1 aliphatic heterocycles. The summed E-state index contributed by atoms with van der Waals surface area (Å²) in [7, 11) is 0. The van der Waals surface area contributed by atoms with Crippen molar-refractivity contribution >= 4 is 12.0 Å². The van der Waals surface area contributed by atoms with Crippen molar-refractivity contribution in [1.82, 2.24) is 5.32 Å². The average Bonchev–Trinajstić information content (AvgIpc) is 2.27. The molecule has 78 valence electrons. The van der Waals surface area contributed by atoms with Crippen molar-refractivity contribution in [2.75, 3.05) is 6.54 Å². The molecule has 1 aliphatic rings. The molecule has 0 saturated heterocycles. The molecule has 1 heterocycles. The Morgan fingerprint density at radius 2 is 2.33 bits per heavy atom. The third kappa shape index (κ3) is 1.73. The Labute approximate surface area is 86.2 Å². The van der Waals surface area contributed by atoms with Crippen LogP contribution in [0.25, 0.3) is 0 Å². The molecule has 1 N–H and O–H groups in total. The van der Waals surface area contributed by atoms with Gasteiger partial charge in [-0.3, -0.25) is 10.1 Å². The van der Waals surface area contributed by atoms with E-state index in [9.17, 15) is 14.9 Å². The number of nitro benzene ring substituents is 1. The minimum absolute atomic E-state index is 0.0318. The number of carbonyl (C=O) groups is 1. The first-order valence-electron chi connectivity index (χ1n) is 4.68. The second-order valence-corrected chi connectivity index (χ2v) is 3.46. The summed E-state index contributed by atoms with van der Waals surface area (Å²) in [5, 5.41) is 13.6. The molecule has 1 aromatic carbocycles. The van der Waals surface area contributed by atoms with Crippen molar-refractivity contribution in [2.45, 2.75) is 12.5 Å². The van der Waals surface area contributed by atoms with E-state index in [-0.39, 0.29) is 5.69 Å². The minimum Gasteiger partial charge on any atom is -0.304 e. The van der Waals surface area contributed by atoms with E-state index in [1.54, 1.807) is 6.07 Å². The zero-order chi connectivity index (χ0) is 10.8. The van der Waals surface area contributed by atoms with E-state index in [2.05, 4.69) is 5.32 Å². The Morgan fingerprint density at radius 3 is 3.00 bits per heavy atom. The van der Waals surface area contributed by atoms with Crippen molar-refractivity contribution in [3.8, 4) is 0 Å². The number of nitrogens with one attached hydrogen (secondary N) is 1. The molecule has 1 atom stereocenters. The van der Waals surface area contributed by atoms with Gasteiger partial charge in [0.2, 0.25) is 0 Å². The molecule has 5 heteroatoms. The third-order valence-corrected chi connectivity index (χ3v) is 2.57. The number of carbonyl (C=O) groups excluding carboxylic acids is 1. The van der Waals surface area contributed by atoms with Gasteiger partial charge in [0, 0.05) is 18.7 Å². The van der Waals surface area contributed by atoms with Gasteiger partial charge in [-0.2, -0.15) is 0 Å². The lowest BCUT2D eigenvalue weighted by atomic mass is 9.94. The number of hydrogen-bond donors (Lipinski definition) is 1. The normalized spacial score (nSPS) is 19.3. The number of nitrogens with zero attached hydrogens (tertiary/aromatic N) is 1. The Kier molecular flexibility index (Phi) is 2.47. The second kappa shape index (κ2) is 3.78. The smallest absolute Gasteiger partial charge is 0.269 e. The van der Waals surface area contributed by atoms with Gasteiger partial charge in [0.15, 0.2) is 0 Å². The van der Waals surface area contributed by atoms with Crippen LogP contribution in [0.1, 0.15) is 17.2 Å². The van der Waals surface area contributed by atoms with Gasteiger partial charge in [0.1, 0.15) is 6.29 Å². The number of non-ortho nitro benzene ring substituents is 1. The van der Waals surface area contributed by atoms with Crippen LogP contribution in [-0.2, 0) is 11.2 Å². The van der Waals surface area contributed by atoms with Crippen LogP contribution < -0.4 is 5.32 Å². The van der Waals surface area contributed by atoms with Crippen LogP contribution >= 0.6 is 0 Å². The van der Waals surface area contributed by atoms with E-state index in [0.717, 1.165) is 30.4 Å². The molecule has 5 nitrogen and oxygen atoms in total. The van der Waals surface area contributed by atoms with Crippen LogP contribution in [0.3, 0.4) is 0 Å². The highest BCUT2D eigenvalue weighted by Crippen LogP contribution is 2.25. The molecule has 0 radical (unpaired) electrons. The van der Waals surface area contributed by atoms with Crippen LogP contribution in [0, 0.1) is 10.1 Å². The maximum absolute atomic E-state index is 10.8. The van der Waals surface area contributed by atoms with Crippen LogP contribution in [0.15, 0.2) is 18.2 Å². The van der Waals surface area contributed by atoms with Gasteiger partial charge in [-0.15, -0.1) is 0 Å². The monoisotopic (exact) mass is 206 g/mol. The predicted octanol–water partition coefficient (Wildman–Crippen LogP) is 0.981. The van der Waals surface area contributed by atoms with Crippen molar-refractivity contribution in [3.05, 3.63) is 39.4 Å². The topological polar surface area (TPSA) is 72.2 Å². The fraction of sp³-hybridized carbons (Fsp3) is 0.300. The molecule has 1 unspecified atom stereocenters. The van der Waals surface area contributed by atoms with E-state index >= 15 is 0 Å². The third-order valence-electron chi connectivity index (χ3n) is 2.57. The molecule has 2 rings (SSSR count). The molecule has 0 fully saturated rings. The van der Waals surface area contributed by atoms with Crippen molar-refractivity contribution in [3.63, 3.8) is 0 Å². The summed E-state index contributed by atoms with van der Waals surface area (Å²) in [6.45, 7) is 0.730. The highest BCUT2D eigenvalue weighted by atomic mass is 16.6. The van der Waals surface area contributed by atoms with E-state index in [1.807, 2.05) is 0 Å². The van der Waals surface area contributed by atoms with E-state index in [1.165, 1.54) is 12.1 Å². The summed E-state index contributed by atoms with van der Waals surface area (Å²) in [6.07, 6.45) is 1.58. The summed E-state index contributed by atoms with van der Waals surface area (Å²) in [6, 6.07) is 4.27. The highest BCUT2D eigenvalue weighted by Gasteiger charge is 2.21. The van der Waals surface area contributed by atoms with Crippen molar-refractivity contribution in [1.29, 1.82) is 0 Å². The van der Waals surface area contributed by atoms with E-state index in [0.29, 0.717) is 0 Å². The molecule has 15 heavy (non-hydrogen) atoms. The Hall–Kier alpha value is -1.75. The molecule has 0 aromatic heterocycles. The molecule has 0 amide bonds. The van der Waals surface area contributed by atoms with Crippen LogP contribution in [0.4, 0.5) is 5.69 Å². The fourth-order valence-corrected chi connectivity index (χ4v) is 1.81. The van der Waals surface area contributed by atoms with Gasteiger partial charge in [0.05, 0.1) is 11.0 Å². The van der Waals surface area contributed by atoms with Crippen LogP contribution in [0.5, 0.6) is 0 Å². The van der Waals surface area contributed by atoms with Crippen LogP contribution in [0.2, 0.25) is 0 Å². The zero-order valence-electron chi connectivity index (χ0n) is 7.97. The van der Waals surface area contributed by atoms with Gasteiger partial charge < -0.3 is 10.1 Å². The van der Waals surface area contributed by atoms with Gasteiger partial charge in [-0.1, -0.05) is 6.07 Å². The van der Waals surface area contributed by atoms with Gasteiger partial charge in [-0.05, 0) is 17.5 Å². The summed E-state index contributed by atoms with van der Waals surface area (Å²) in [5.74, 6) is 0. The van der Waals surface area contributed by atoms with Crippen molar-refractivity contribution < 1.29 is 9.72 Å². The minimum atomic E-state index is -0.448. The molecule has 0 spiro atoms. The molecule has 0 bridgehead atoms. The lowest BCUT2D eigenvalue weighted by Crippen LogP contribution is -2.30. The molecule has 1 aromatic rings. The molecule has 0 aliphatic carbocycles. The summed E-state index contributed by atoms with van der Waals surface area (Å²) >= 11 is 0. The first kappa shape index (κ1) is 9.79. The summed E-state index contributed by atoms with van der Waals surface area (Å²) < 4.78 is 0. The van der Waals surface area contributed by atoms with E-state index < -0.39 is 11.0 Å². The van der Waals surface area contributed by atoms with E-state index in [4.69, 9.17) is 0 Å². The summed E-state index contributed by atoms with van der Waals surface area (Å²) in [5.41, 5.74) is 1.77. The van der Waals surface area contributed by atoms with Crippen molar-refractivity contribution in [2.24, 2.45) is 0 Å². The fourth-order valence-electron chi connectivity index (χ4n) is 1.81. The SMILES string of the molecule is O=CC1NCCc2ccc([N+](=O)[O-])cc21. The Bertz CT molecular complexity index is 417. The first-order valence-corrected chi connectivity index (χ1v) is 4.68. The zero-order valence-corrected chi connectivity index (χ0v) is 7.97. The average molecular weight is 206 g/mol. The lowest BCUT2D eigenvalue weighted by Gasteiger charge is -2.22. The number of benzene rings is 1. The summed E-state index contributed by atoms with van der Waals surface area (Å²) in [4.78, 5) is 20.9. The quantitative estimate of drug-likeness (QED) is 0.444. The highest BCUT2D eigenvalue weighted by molar-refractivity contribution is 5.64. The number of nitro groups is 1. The molecular formula is C10H10N2O3. The van der Waals surface area contributed by atoms with Gasteiger partial charge in [-0.25, -0.2) is 0 Å². The number of aldehydes is 1. The first-order chi connectivity index (χ1) is 7.22. The number of fused-ring (bicyclic) bond motifs is 1. The lowest BCUT2D eigenvalue weighted by molar-refractivity contribution is -0.384. The molecule has 0 saturated carbocycles. The maximum Gasteiger partial charge on any atom is 0.269 e.